The number of furan rings is 1. The first kappa shape index (κ1) is 14.1. The lowest BCUT2D eigenvalue weighted by molar-refractivity contribution is 0.0921. The molecule has 106 valence electrons. The van der Waals surface area contributed by atoms with Crippen molar-refractivity contribution in [2.24, 2.45) is 11.8 Å². The Hall–Kier alpha value is -1.33. The summed E-state index contributed by atoms with van der Waals surface area (Å²) in [7, 11) is 2.11. The molecule has 19 heavy (non-hydrogen) atoms. The summed E-state index contributed by atoms with van der Waals surface area (Å²) in [6, 6.07) is 2.44. The summed E-state index contributed by atoms with van der Waals surface area (Å²) < 4.78 is 5.20. The third-order valence-corrected chi connectivity index (χ3v) is 4.11. The molecule has 0 aromatic carbocycles. The summed E-state index contributed by atoms with van der Waals surface area (Å²) in [5.74, 6) is 5.94. The van der Waals surface area contributed by atoms with Gasteiger partial charge in [0.1, 0.15) is 0 Å². The maximum Gasteiger partial charge on any atom is 0.301 e. The molecule has 0 saturated heterocycles. The quantitative estimate of drug-likeness (QED) is 0.495. The highest BCUT2D eigenvalue weighted by Gasteiger charge is 2.23. The standard InChI is InChI=1S/C14H23N3O2/c1-10-3-5-12(6-4-10)17(2)9-11-7-8-19-13(11)14(18)16-15/h7-8,10,12H,3-6,9,15H2,1-2H3,(H,16,18). The average molecular weight is 265 g/mol. The number of rotatable bonds is 4. The number of hydrogen-bond donors (Lipinski definition) is 2. The zero-order chi connectivity index (χ0) is 13.8. The first-order valence-electron chi connectivity index (χ1n) is 6.89. The summed E-state index contributed by atoms with van der Waals surface area (Å²) in [5.41, 5.74) is 3.01. The second kappa shape index (κ2) is 6.21. The van der Waals surface area contributed by atoms with Crippen LogP contribution in [0.25, 0.3) is 0 Å². The Morgan fingerprint density at radius 2 is 2.16 bits per heavy atom. The zero-order valence-corrected chi connectivity index (χ0v) is 11.7. The van der Waals surface area contributed by atoms with Gasteiger partial charge in [0, 0.05) is 18.2 Å². The minimum absolute atomic E-state index is 0.318. The monoisotopic (exact) mass is 265 g/mol. The van der Waals surface area contributed by atoms with Gasteiger partial charge in [0.15, 0.2) is 5.76 Å². The Bertz CT molecular complexity index is 422. The molecule has 0 spiro atoms. The van der Waals surface area contributed by atoms with E-state index in [9.17, 15) is 4.79 Å². The minimum atomic E-state index is -0.370. The molecule has 1 saturated carbocycles. The number of nitrogens with two attached hydrogens (primary N) is 1. The molecule has 1 fully saturated rings. The van der Waals surface area contributed by atoms with Crippen molar-refractivity contribution in [3.63, 3.8) is 0 Å². The van der Waals surface area contributed by atoms with Crippen molar-refractivity contribution in [2.75, 3.05) is 7.05 Å². The van der Waals surface area contributed by atoms with Crippen LogP contribution < -0.4 is 11.3 Å². The largest absolute Gasteiger partial charge is 0.459 e. The fourth-order valence-corrected chi connectivity index (χ4v) is 2.81. The van der Waals surface area contributed by atoms with E-state index in [0.29, 0.717) is 11.8 Å². The smallest absolute Gasteiger partial charge is 0.301 e. The summed E-state index contributed by atoms with van der Waals surface area (Å²) >= 11 is 0. The van der Waals surface area contributed by atoms with Crippen molar-refractivity contribution >= 4 is 5.91 Å². The van der Waals surface area contributed by atoms with Gasteiger partial charge < -0.3 is 4.42 Å². The highest BCUT2D eigenvalue weighted by molar-refractivity contribution is 5.92. The third-order valence-electron chi connectivity index (χ3n) is 4.11. The van der Waals surface area contributed by atoms with E-state index in [1.807, 2.05) is 6.07 Å². The van der Waals surface area contributed by atoms with E-state index in [0.717, 1.165) is 18.0 Å². The molecule has 1 aliphatic carbocycles. The number of carbonyl (C=O) groups excluding carboxylic acids is 1. The maximum atomic E-state index is 11.5. The van der Waals surface area contributed by atoms with E-state index in [-0.39, 0.29) is 5.91 Å². The first-order valence-corrected chi connectivity index (χ1v) is 6.89. The molecule has 0 unspecified atom stereocenters. The van der Waals surface area contributed by atoms with Crippen molar-refractivity contribution in [3.8, 4) is 0 Å². The third kappa shape index (κ3) is 3.36. The predicted octanol–water partition coefficient (Wildman–Crippen LogP) is 1.89. The van der Waals surface area contributed by atoms with Crippen LogP contribution in [0.4, 0.5) is 0 Å². The van der Waals surface area contributed by atoms with Crippen LogP contribution in [0.3, 0.4) is 0 Å². The SMILES string of the molecule is CC1CCC(N(C)Cc2ccoc2C(=O)NN)CC1. The second-order valence-corrected chi connectivity index (χ2v) is 5.58. The lowest BCUT2D eigenvalue weighted by Crippen LogP contribution is -2.35. The van der Waals surface area contributed by atoms with Gasteiger partial charge in [-0.05, 0) is 44.7 Å². The Morgan fingerprint density at radius 1 is 1.47 bits per heavy atom. The van der Waals surface area contributed by atoms with Gasteiger partial charge in [-0.3, -0.25) is 15.1 Å². The van der Waals surface area contributed by atoms with Gasteiger partial charge in [-0.25, -0.2) is 5.84 Å². The van der Waals surface area contributed by atoms with E-state index < -0.39 is 0 Å². The van der Waals surface area contributed by atoms with E-state index >= 15 is 0 Å². The lowest BCUT2D eigenvalue weighted by Gasteiger charge is -2.33. The topological polar surface area (TPSA) is 71.5 Å². The van der Waals surface area contributed by atoms with Crippen molar-refractivity contribution in [1.82, 2.24) is 10.3 Å². The highest BCUT2D eigenvalue weighted by Crippen LogP contribution is 2.27. The molecule has 3 N–H and O–H groups in total. The second-order valence-electron chi connectivity index (χ2n) is 5.58. The van der Waals surface area contributed by atoms with Gasteiger partial charge in [0.2, 0.25) is 0 Å². The lowest BCUT2D eigenvalue weighted by atomic mass is 9.86. The number of nitrogens with one attached hydrogen (secondary N) is 1. The van der Waals surface area contributed by atoms with Gasteiger partial charge in [-0.2, -0.15) is 0 Å². The Morgan fingerprint density at radius 3 is 2.79 bits per heavy atom. The molecular formula is C14H23N3O2. The molecule has 1 aromatic heterocycles. The average Bonchev–Trinajstić information content (AvgIpc) is 2.86. The van der Waals surface area contributed by atoms with Crippen LogP contribution in [0.2, 0.25) is 0 Å². The fourth-order valence-electron chi connectivity index (χ4n) is 2.81. The van der Waals surface area contributed by atoms with Gasteiger partial charge >= 0.3 is 5.91 Å². The summed E-state index contributed by atoms with van der Waals surface area (Å²) in [5, 5.41) is 0. The molecule has 5 heteroatoms. The Balaban J connectivity index is 1.97. The molecule has 5 nitrogen and oxygen atoms in total. The first-order chi connectivity index (χ1) is 9.11. The van der Waals surface area contributed by atoms with E-state index in [2.05, 4.69) is 24.3 Å². The van der Waals surface area contributed by atoms with Crippen LogP contribution in [0.1, 0.15) is 48.7 Å². The van der Waals surface area contributed by atoms with Crippen molar-refractivity contribution in [1.29, 1.82) is 0 Å². The van der Waals surface area contributed by atoms with E-state index in [1.54, 1.807) is 0 Å². The van der Waals surface area contributed by atoms with Crippen LogP contribution in [-0.2, 0) is 6.54 Å². The highest BCUT2D eigenvalue weighted by atomic mass is 16.3. The fraction of sp³-hybridized carbons (Fsp3) is 0.643. The normalized spacial score (nSPS) is 23.6. The van der Waals surface area contributed by atoms with Crippen molar-refractivity contribution < 1.29 is 9.21 Å². The molecule has 0 bridgehead atoms. The van der Waals surface area contributed by atoms with Crippen LogP contribution in [0, 0.1) is 5.92 Å². The minimum Gasteiger partial charge on any atom is -0.459 e. The molecule has 0 aliphatic heterocycles. The van der Waals surface area contributed by atoms with E-state index in [4.69, 9.17) is 10.3 Å². The van der Waals surface area contributed by atoms with Gasteiger partial charge in [-0.15, -0.1) is 0 Å². The molecule has 1 heterocycles. The molecule has 1 aliphatic rings. The molecule has 2 rings (SSSR count). The maximum absolute atomic E-state index is 11.5. The predicted molar refractivity (Wildman–Crippen MR) is 73.2 cm³/mol. The van der Waals surface area contributed by atoms with Crippen LogP contribution in [0.15, 0.2) is 16.7 Å². The number of amides is 1. The Labute approximate surface area is 114 Å². The summed E-state index contributed by atoms with van der Waals surface area (Å²) in [6.45, 7) is 3.04. The summed E-state index contributed by atoms with van der Waals surface area (Å²) in [4.78, 5) is 13.9. The van der Waals surface area contributed by atoms with Gasteiger partial charge in [0.05, 0.1) is 6.26 Å². The zero-order valence-electron chi connectivity index (χ0n) is 11.7. The molecule has 0 radical (unpaired) electrons. The molecular weight excluding hydrogens is 242 g/mol. The van der Waals surface area contributed by atoms with E-state index in [1.165, 1.54) is 31.9 Å². The van der Waals surface area contributed by atoms with Crippen molar-refractivity contribution in [3.05, 3.63) is 23.7 Å². The number of nitrogens with zero attached hydrogens (tertiary/aromatic N) is 1. The van der Waals surface area contributed by atoms with Crippen LogP contribution >= 0.6 is 0 Å². The molecule has 0 atom stereocenters. The number of hydrazine groups is 1. The van der Waals surface area contributed by atoms with Gasteiger partial charge in [-0.1, -0.05) is 6.92 Å². The van der Waals surface area contributed by atoms with Crippen molar-refractivity contribution in [2.45, 2.75) is 45.2 Å². The van der Waals surface area contributed by atoms with Crippen LogP contribution in [-0.4, -0.2) is 23.9 Å². The number of hydrogen-bond acceptors (Lipinski definition) is 4. The summed E-state index contributed by atoms with van der Waals surface area (Å²) in [6.07, 6.45) is 6.58. The number of carbonyl (C=O) groups is 1. The van der Waals surface area contributed by atoms with Gasteiger partial charge in [0.25, 0.3) is 0 Å². The molecule has 1 amide bonds. The van der Waals surface area contributed by atoms with Crippen LogP contribution in [0.5, 0.6) is 0 Å². The Kier molecular flexibility index (Phi) is 4.61. The molecule has 1 aromatic rings. The number of nitrogen functional groups attached to an aromatic ring is 1.